The van der Waals surface area contributed by atoms with Gasteiger partial charge in [-0.05, 0) is 39.3 Å². The molecule has 1 atom stereocenters. The van der Waals surface area contributed by atoms with E-state index in [0.29, 0.717) is 19.6 Å². The summed E-state index contributed by atoms with van der Waals surface area (Å²) in [5.74, 6) is 1.66. The fourth-order valence-electron chi connectivity index (χ4n) is 1.81. The highest BCUT2D eigenvalue weighted by molar-refractivity contribution is 5.74. The van der Waals surface area contributed by atoms with E-state index in [9.17, 15) is 4.79 Å². The molecule has 1 heterocycles. The van der Waals surface area contributed by atoms with Crippen LogP contribution in [-0.4, -0.2) is 36.7 Å². The van der Waals surface area contributed by atoms with E-state index < -0.39 is 0 Å². The van der Waals surface area contributed by atoms with Crippen LogP contribution in [0.1, 0.15) is 38.7 Å². The molecule has 1 rings (SSSR count). The van der Waals surface area contributed by atoms with Crippen LogP contribution in [0.5, 0.6) is 0 Å². The molecule has 0 saturated carbocycles. The lowest BCUT2D eigenvalue weighted by Crippen LogP contribution is -2.42. The Kier molecular flexibility index (Phi) is 7.15. The number of nitrogens with one attached hydrogen (secondary N) is 1. The first-order valence-corrected chi connectivity index (χ1v) is 7.26. The zero-order valence-electron chi connectivity index (χ0n) is 12.9. The molecule has 0 unspecified atom stereocenters. The van der Waals surface area contributed by atoms with Gasteiger partial charge in [-0.1, -0.05) is 6.92 Å². The second-order valence-corrected chi connectivity index (χ2v) is 4.89. The number of urea groups is 1. The molecule has 0 radical (unpaired) electrons. The van der Waals surface area contributed by atoms with E-state index in [1.54, 1.807) is 4.90 Å². The van der Waals surface area contributed by atoms with Crippen molar-refractivity contribution in [3.05, 3.63) is 23.7 Å². The Morgan fingerprint density at radius 1 is 1.45 bits per heavy atom. The van der Waals surface area contributed by atoms with Crippen molar-refractivity contribution in [3.8, 4) is 0 Å². The van der Waals surface area contributed by atoms with Crippen LogP contribution in [0.2, 0.25) is 0 Å². The monoisotopic (exact) mass is 282 g/mol. The van der Waals surface area contributed by atoms with Gasteiger partial charge in [0.05, 0.1) is 12.6 Å². The molecule has 5 heteroatoms. The summed E-state index contributed by atoms with van der Waals surface area (Å²) < 4.78 is 11.0. The molecule has 0 aliphatic carbocycles. The first kappa shape index (κ1) is 16.6. The van der Waals surface area contributed by atoms with Crippen molar-refractivity contribution in [1.29, 1.82) is 0 Å². The quantitative estimate of drug-likeness (QED) is 0.797. The number of carbonyl (C=O) groups excluding carboxylic acids is 1. The van der Waals surface area contributed by atoms with Gasteiger partial charge in [0.15, 0.2) is 0 Å². The van der Waals surface area contributed by atoms with Crippen LogP contribution in [0.4, 0.5) is 4.79 Å². The summed E-state index contributed by atoms with van der Waals surface area (Å²) in [4.78, 5) is 13.8. The Morgan fingerprint density at radius 3 is 2.75 bits per heavy atom. The smallest absolute Gasteiger partial charge is 0.317 e. The van der Waals surface area contributed by atoms with E-state index in [0.717, 1.165) is 24.5 Å². The number of furan rings is 1. The molecule has 2 amide bonds. The van der Waals surface area contributed by atoms with Gasteiger partial charge in [-0.15, -0.1) is 0 Å². The van der Waals surface area contributed by atoms with Crippen LogP contribution in [0, 0.1) is 6.92 Å². The molecular formula is C15H26N2O3. The molecule has 0 aliphatic heterocycles. The molecule has 0 saturated heterocycles. The van der Waals surface area contributed by atoms with Crippen molar-refractivity contribution >= 4 is 6.03 Å². The van der Waals surface area contributed by atoms with Crippen LogP contribution >= 0.6 is 0 Å². The third-order valence-corrected chi connectivity index (χ3v) is 2.96. The van der Waals surface area contributed by atoms with Crippen LogP contribution in [0.3, 0.4) is 0 Å². The largest absolute Gasteiger partial charge is 0.464 e. The number of amides is 2. The van der Waals surface area contributed by atoms with Crippen molar-refractivity contribution < 1.29 is 13.9 Å². The van der Waals surface area contributed by atoms with Gasteiger partial charge in [-0.25, -0.2) is 4.79 Å². The lowest BCUT2D eigenvalue weighted by Gasteiger charge is -2.21. The lowest BCUT2D eigenvalue weighted by atomic mass is 10.3. The normalized spacial score (nSPS) is 12.2. The summed E-state index contributed by atoms with van der Waals surface area (Å²) in [6, 6.07) is 3.72. The number of aryl methyl sites for hydroxylation is 1. The first-order chi connectivity index (χ1) is 9.56. The summed E-state index contributed by atoms with van der Waals surface area (Å²) in [6.45, 7) is 10.2. The van der Waals surface area contributed by atoms with E-state index in [2.05, 4.69) is 12.2 Å². The van der Waals surface area contributed by atoms with Crippen LogP contribution in [0.25, 0.3) is 0 Å². The van der Waals surface area contributed by atoms with Crippen molar-refractivity contribution in [1.82, 2.24) is 10.2 Å². The van der Waals surface area contributed by atoms with Crippen molar-refractivity contribution in [2.24, 2.45) is 0 Å². The Balaban J connectivity index is 2.38. The van der Waals surface area contributed by atoms with Crippen LogP contribution in [-0.2, 0) is 11.3 Å². The summed E-state index contributed by atoms with van der Waals surface area (Å²) in [5, 5.41) is 2.89. The molecule has 114 valence electrons. The summed E-state index contributed by atoms with van der Waals surface area (Å²) in [5.41, 5.74) is 0. The highest BCUT2D eigenvalue weighted by Gasteiger charge is 2.14. The Morgan fingerprint density at radius 2 is 2.20 bits per heavy atom. The van der Waals surface area contributed by atoms with Crippen LogP contribution < -0.4 is 5.32 Å². The molecule has 0 spiro atoms. The minimum atomic E-state index is -0.0894. The average Bonchev–Trinajstić information content (AvgIpc) is 2.85. The van der Waals surface area contributed by atoms with Gasteiger partial charge in [-0.3, -0.25) is 0 Å². The maximum atomic E-state index is 12.1. The molecule has 5 nitrogen and oxygen atoms in total. The Labute approximate surface area is 121 Å². The SMILES string of the molecule is CCCO[C@@H](C)CNC(=O)N(CC)Cc1ccc(C)o1. The highest BCUT2D eigenvalue weighted by Crippen LogP contribution is 2.09. The van der Waals surface area contributed by atoms with Gasteiger partial charge >= 0.3 is 6.03 Å². The molecule has 0 fully saturated rings. The minimum Gasteiger partial charge on any atom is -0.464 e. The number of hydrogen-bond donors (Lipinski definition) is 1. The number of carbonyl (C=O) groups is 1. The van der Waals surface area contributed by atoms with E-state index in [1.165, 1.54) is 0 Å². The van der Waals surface area contributed by atoms with E-state index in [1.807, 2.05) is 32.9 Å². The predicted molar refractivity (Wildman–Crippen MR) is 78.6 cm³/mol. The molecule has 0 aromatic carbocycles. The first-order valence-electron chi connectivity index (χ1n) is 7.26. The van der Waals surface area contributed by atoms with Gasteiger partial charge in [0.1, 0.15) is 11.5 Å². The van der Waals surface area contributed by atoms with Gasteiger partial charge in [-0.2, -0.15) is 0 Å². The molecule has 20 heavy (non-hydrogen) atoms. The van der Waals surface area contributed by atoms with Gasteiger partial charge in [0.25, 0.3) is 0 Å². The van der Waals surface area contributed by atoms with Crippen molar-refractivity contribution in [2.45, 2.75) is 46.8 Å². The molecule has 1 N–H and O–H groups in total. The summed E-state index contributed by atoms with van der Waals surface area (Å²) in [7, 11) is 0. The molecule has 1 aromatic heterocycles. The summed E-state index contributed by atoms with van der Waals surface area (Å²) >= 11 is 0. The molecule has 0 aliphatic rings. The third kappa shape index (κ3) is 5.65. The Hall–Kier alpha value is -1.49. The average molecular weight is 282 g/mol. The maximum Gasteiger partial charge on any atom is 0.317 e. The third-order valence-electron chi connectivity index (χ3n) is 2.96. The highest BCUT2D eigenvalue weighted by atomic mass is 16.5. The van der Waals surface area contributed by atoms with Gasteiger partial charge in [0.2, 0.25) is 0 Å². The lowest BCUT2D eigenvalue weighted by molar-refractivity contribution is 0.0665. The maximum absolute atomic E-state index is 12.1. The predicted octanol–water partition coefficient (Wildman–Crippen LogP) is 2.93. The van der Waals surface area contributed by atoms with E-state index >= 15 is 0 Å². The number of nitrogens with zero attached hydrogens (tertiary/aromatic N) is 1. The zero-order chi connectivity index (χ0) is 15.0. The fraction of sp³-hybridized carbons (Fsp3) is 0.667. The second-order valence-electron chi connectivity index (χ2n) is 4.89. The van der Waals surface area contributed by atoms with E-state index in [-0.39, 0.29) is 12.1 Å². The molecule has 0 bridgehead atoms. The number of hydrogen-bond acceptors (Lipinski definition) is 3. The Bertz CT molecular complexity index is 404. The zero-order valence-corrected chi connectivity index (χ0v) is 12.9. The number of ether oxygens (including phenoxy) is 1. The van der Waals surface area contributed by atoms with Crippen molar-refractivity contribution in [2.75, 3.05) is 19.7 Å². The molecular weight excluding hydrogens is 256 g/mol. The summed E-state index contributed by atoms with van der Waals surface area (Å²) in [6.07, 6.45) is 1.01. The standard InChI is InChI=1S/C15H26N2O3/c1-5-9-19-13(4)10-16-15(18)17(6-2)11-14-8-7-12(3)20-14/h7-8,13H,5-6,9-11H2,1-4H3,(H,16,18)/t13-/m0/s1. The van der Waals surface area contributed by atoms with Gasteiger partial charge < -0.3 is 19.4 Å². The number of rotatable bonds is 8. The second kappa shape index (κ2) is 8.64. The topological polar surface area (TPSA) is 54.7 Å². The molecule has 1 aromatic rings. The van der Waals surface area contributed by atoms with Crippen molar-refractivity contribution in [3.63, 3.8) is 0 Å². The van der Waals surface area contributed by atoms with Gasteiger partial charge in [0, 0.05) is 19.7 Å². The van der Waals surface area contributed by atoms with Crippen LogP contribution in [0.15, 0.2) is 16.5 Å². The fourth-order valence-corrected chi connectivity index (χ4v) is 1.81. The minimum absolute atomic E-state index is 0.0310. The van der Waals surface area contributed by atoms with E-state index in [4.69, 9.17) is 9.15 Å².